The highest BCUT2D eigenvalue weighted by Gasteiger charge is 2.40. The summed E-state index contributed by atoms with van der Waals surface area (Å²) in [6.45, 7) is 7.36. The number of carbonyl (C=O) groups excluding carboxylic acids is 1. The SMILES string of the molecule is CC(C)(CNC(=O)C1CCCN1S(=O)(=O)c1cccs1)N1CCCCC1. The van der Waals surface area contributed by atoms with Gasteiger partial charge in [0, 0.05) is 18.6 Å². The molecule has 6 nitrogen and oxygen atoms in total. The van der Waals surface area contributed by atoms with Crippen molar-refractivity contribution in [2.75, 3.05) is 26.2 Å². The Morgan fingerprint density at radius 3 is 2.62 bits per heavy atom. The van der Waals surface area contributed by atoms with Gasteiger partial charge < -0.3 is 5.32 Å². The Morgan fingerprint density at radius 1 is 1.23 bits per heavy atom. The molecule has 1 aromatic rings. The Bertz CT molecular complexity index is 710. The standard InChI is InChI=1S/C18H29N3O3S2/c1-18(2,20-10-4-3-5-11-20)14-19-17(22)15-8-6-12-21(15)26(23,24)16-9-7-13-25-16/h7,9,13,15H,3-6,8,10-12,14H2,1-2H3,(H,19,22). The third-order valence-corrected chi connectivity index (χ3v) is 8.75. The molecule has 0 spiro atoms. The average Bonchev–Trinajstić information content (AvgIpc) is 3.32. The van der Waals surface area contributed by atoms with Crippen LogP contribution in [0.4, 0.5) is 0 Å². The van der Waals surface area contributed by atoms with Crippen molar-refractivity contribution in [1.82, 2.24) is 14.5 Å². The molecule has 0 radical (unpaired) electrons. The summed E-state index contributed by atoms with van der Waals surface area (Å²) in [4.78, 5) is 15.2. The Hall–Kier alpha value is -0.960. The van der Waals surface area contributed by atoms with Gasteiger partial charge in [-0.15, -0.1) is 11.3 Å². The van der Waals surface area contributed by atoms with E-state index in [1.807, 2.05) is 0 Å². The molecule has 3 heterocycles. The number of piperidine rings is 1. The van der Waals surface area contributed by atoms with E-state index in [9.17, 15) is 13.2 Å². The molecule has 1 unspecified atom stereocenters. The fourth-order valence-electron chi connectivity index (χ4n) is 3.85. The molecule has 2 saturated heterocycles. The molecular weight excluding hydrogens is 370 g/mol. The number of sulfonamides is 1. The minimum absolute atomic E-state index is 0.119. The maximum atomic E-state index is 12.8. The van der Waals surface area contributed by atoms with Gasteiger partial charge in [-0.3, -0.25) is 9.69 Å². The van der Waals surface area contributed by atoms with Gasteiger partial charge in [0.05, 0.1) is 0 Å². The first-order valence-corrected chi connectivity index (χ1v) is 11.7. The zero-order valence-electron chi connectivity index (χ0n) is 15.6. The molecule has 0 saturated carbocycles. The van der Waals surface area contributed by atoms with Gasteiger partial charge in [0.15, 0.2) is 0 Å². The first-order valence-electron chi connectivity index (χ1n) is 9.40. The van der Waals surface area contributed by atoms with Gasteiger partial charge in [-0.25, -0.2) is 8.42 Å². The molecule has 1 atom stereocenters. The first-order chi connectivity index (χ1) is 12.3. The molecule has 26 heavy (non-hydrogen) atoms. The predicted molar refractivity (Wildman–Crippen MR) is 104 cm³/mol. The Balaban J connectivity index is 1.63. The van der Waals surface area contributed by atoms with Crippen LogP contribution < -0.4 is 5.32 Å². The summed E-state index contributed by atoms with van der Waals surface area (Å²) < 4.78 is 27.3. The van der Waals surface area contributed by atoms with Crippen molar-refractivity contribution in [3.05, 3.63) is 17.5 Å². The first kappa shape index (κ1) is 19.8. The second-order valence-electron chi connectivity index (χ2n) is 7.78. The van der Waals surface area contributed by atoms with Gasteiger partial charge in [-0.2, -0.15) is 4.31 Å². The predicted octanol–water partition coefficient (Wildman–Crippen LogP) is 2.28. The molecule has 2 aliphatic heterocycles. The van der Waals surface area contributed by atoms with Crippen molar-refractivity contribution < 1.29 is 13.2 Å². The van der Waals surface area contributed by atoms with Crippen molar-refractivity contribution >= 4 is 27.3 Å². The summed E-state index contributed by atoms with van der Waals surface area (Å²) in [5.74, 6) is -0.173. The summed E-state index contributed by atoms with van der Waals surface area (Å²) in [7, 11) is -3.58. The number of carbonyl (C=O) groups is 1. The molecule has 2 aliphatic rings. The maximum Gasteiger partial charge on any atom is 0.253 e. The lowest BCUT2D eigenvalue weighted by Gasteiger charge is -2.41. The second-order valence-corrected chi connectivity index (χ2v) is 10.8. The summed E-state index contributed by atoms with van der Waals surface area (Å²) in [5.41, 5.74) is -0.119. The number of likely N-dealkylation sites (tertiary alicyclic amines) is 1. The van der Waals surface area contributed by atoms with Crippen LogP contribution in [0.5, 0.6) is 0 Å². The van der Waals surface area contributed by atoms with E-state index in [4.69, 9.17) is 0 Å². The number of rotatable bonds is 6. The van der Waals surface area contributed by atoms with Gasteiger partial charge in [0.2, 0.25) is 5.91 Å². The molecule has 0 bridgehead atoms. The highest BCUT2D eigenvalue weighted by molar-refractivity contribution is 7.91. The number of amides is 1. The minimum Gasteiger partial charge on any atom is -0.353 e. The third-order valence-electron chi connectivity index (χ3n) is 5.47. The fraction of sp³-hybridized carbons (Fsp3) is 0.722. The Kier molecular flexibility index (Phi) is 6.06. The molecule has 1 N–H and O–H groups in total. The highest BCUT2D eigenvalue weighted by Crippen LogP contribution is 2.29. The summed E-state index contributed by atoms with van der Waals surface area (Å²) in [6, 6.07) is 2.73. The number of hydrogen-bond acceptors (Lipinski definition) is 5. The molecular formula is C18H29N3O3S2. The van der Waals surface area contributed by atoms with Crippen LogP contribution in [0.15, 0.2) is 21.7 Å². The van der Waals surface area contributed by atoms with Crippen molar-refractivity contribution in [1.29, 1.82) is 0 Å². The van der Waals surface area contributed by atoms with Crippen LogP contribution in [0.1, 0.15) is 46.0 Å². The van der Waals surface area contributed by atoms with Crippen molar-refractivity contribution in [3.8, 4) is 0 Å². The third kappa shape index (κ3) is 4.13. The normalized spacial score (nSPS) is 23.2. The van der Waals surface area contributed by atoms with Gasteiger partial charge in [0.25, 0.3) is 10.0 Å². The van der Waals surface area contributed by atoms with E-state index in [0.29, 0.717) is 23.7 Å². The van der Waals surface area contributed by atoms with Gasteiger partial charge in [-0.05, 0) is 64.1 Å². The molecule has 2 fully saturated rings. The number of thiophene rings is 1. The molecule has 0 aromatic carbocycles. The minimum atomic E-state index is -3.58. The lowest BCUT2D eigenvalue weighted by atomic mass is 9.98. The number of nitrogens with one attached hydrogen (secondary N) is 1. The zero-order valence-corrected chi connectivity index (χ0v) is 17.2. The summed E-state index contributed by atoms with van der Waals surface area (Å²) in [6.07, 6.45) is 4.98. The van der Waals surface area contributed by atoms with Crippen LogP contribution in [0, 0.1) is 0 Å². The van der Waals surface area contributed by atoms with Crippen LogP contribution in [-0.2, 0) is 14.8 Å². The Labute approximate surface area is 160 Å². The fourth-order valence-corrected chi connectivity index (χ4v) is 6.62. The molecule has 0 aliphatic carbocycles. The molecule has 8 heteroatoms. The van der Waals surface area contributed by atoms with Crippen LogP contribution in [0.25, 0.3) is 0 Å². The lowest BCUT2D eigenvalue weighted by molar-refractivity contribution is -0.124. The average molecular weight is 400 g/mol. The molecule has 3 rings (SSSR count). The smallest absolute Gasteiger partial charge is 0.253 e. The molecule has 1 amide bonds. The molecule has 1 aromatic heterocycles. The van der Waals surface area contributed by atoms with Crippen molar-refractivity contribution in [2.45, 2.75) is 61.7 Å². The number of hydrogen-bond donors (Lipinski definition) is 1. The van der Waals surface area contributed by atoms with Crippen LogP contribution in [-0.4, -0.2) is 61.3 Å². The number of nitrogens with zero attached hydrogens (tertiary/aromatic N) is 2. The van der Waals surface area contributed by atoms with Crippen LogP contribution in [0.3, 0.4) is 0 Å². The Morgan fingerprint density at radius 2 is 1.96 bits per heavy atom. The van der Waals surface area contributed by atoms with Crippen LogP contribution in [0.2, 0.25) is 0 Å². The highest BCUT2D eigenvalue weighted by atomic mass is 32.2. The quantitative estimate of drug-likeness (QED) is 0.797. The summed E-state index contributed by atoms with van der Waals surface area (Å²) in [5, 5.41) is 4.78. The monoisotopic (exact) mass is 399 g/mol. The largest absolute Gasteiger partial charge is 0.353 e. The van der Waals surface area contributed by atoms with E-state index in [1.165, 1.54) is 34.9 Å². The van der Waals surface area contributed by atoms with Crippen molar-refractivity contribution in [3.63, 3.8) is 0 Å². The van der Waals surface area contributed by atoms with E-state index in [1.54, 1.807) is 17.5 Å². The summed E-state index contributed by atoms with van der Waals surface area (Å²) >= 11 is 1.20. The van der Waals surface area contributed by atoms with Gasteiger partial charge in [-0.1, -0.05) is 12.5 Å². The van der Waals surface area contributed by atoms with E-state index in [-0.39, 0.29) is 11.4 Å². The van der Waals surface area contributed by atoms with Gasteiger partial charge in [0.1, 0.15) is 10.3 Å². The van der Waals surface area contributed by atoms with E-state index in [0.717, 1.165) is 19.5 Å². The van der Waals surface area contributed by atoms with Crippen molar-refractivity contribution in [2.24, 2.45) is 0 Å². The van der Waals surface area contributed by atoms with E-state index in [2.05, 4.69) is 24.1 Å². The topological polar surface area (TPSA) is 69.7 Å². The van der Waals surface area contributed by atoms with Gasteiger partial charge >= 0.3 is 0 Å². The van der Waals surface area contributed by atoms with E-state index >= 15 is 0 Å². The van der Waals surface area contributed by atoms with Crippen LogP contribution >= 0.6 is 11.3 Å². The second kappa shape index (κ2) is 7.96. The zero-order chi connectivity index (χ0) is 18.8. The maximum absolute atomic E-state index is 12.8. The lowest BCUT2D eigenvalue weighted by Crippen LogP contribution is -2.55. The molecule has 146 valence electrons. The van der Waals surface area contributed by atoms with E-state index < -0.39 is 16.1 Å².